The smallest absolute Gasteiger partial charge is 0.254 e. The van der Waals surface area contributed by atoms with E-state index in [1.54, 1.807) is 42.2 Å². The fourth-order valence-corrected chi connectivity index (χ4v) is 2.78. The highest BCUT2D eigenvalue weighted by atomic mass is 16.5. The molecule has 0 bridgehead atoms. The van der Waals surface area contributed by atoms with Crippen LogP contribution in [0.15, 0.2) is 18.2 Å². The van der Waals surface area contributed by atoms with Crippen molar-refractivity contribution in [3.63, 3.8) is 0 Å². The van der Waals surface area contributed by atoms with E-state index in [2.05, 4.69) is 0 Å². The molecule has 0 aromatic heterocycles. The molecule has 1 atom stereocenters. The Labute approximate surface area is 148 Å². The number of carbonyl (C=O) groups excluding carboxylic acids is 2. The molecule has 25 heavy (non-hydrogen) atoms. The van der Waals surface area contributed by atoms with Gasteiger partial charge in [-0.3, -0.25) is 9.59 Å². The molecule has 138 valence electrons. The van der Waals surface area contributed by atoms with Crippen LogP contribution in [0.4, 0.5) is 0 Å². The van der Waals surface area contributed by atoms with E-state index in [0.717, 1.165) is 0 Å². The number of amides is 2. The van der Waals surface area contributed by atoms with Crippen LogP contribution < -0.4 is 15.2 Å². The van der Waals surface area contributed by atoms with Crippen LogP contribution in [0, 0.1) is 0 Å². The number of nitrogens with zero attached hydrogens (tertiary/aromatic N) is 2. The van der Waals surface area contributed by atoms with Gasteiger partial charge >= 0.3 is 0 Å². The number of hydrogen-bond acceptors (Lipinski definition) is 5. The van der Waals surface area contributed by atoms with Gasteiger partial charge in [0.15, 0.2) is 0 Å². The molecule has 1 saturated heterocycles. The van der Waals surface area contributed by atoms with Crippen LogP contribution in [-0.4, -0.2) is 68.1 Å². The van der Waals surface area contributed by atoms with Crippen molar-refractivity contribution in [2.75, 3.05) is 40.4 Å². The van der Waals surface area contributed by atoms with Crippen LogP contribution in [0.25, 0.3) is 0 Å². The van der Waals surface area contributed by atoms with Gasteiger partial charge < -0.3 is 25.0 Å². The van der Waals surface area contributed by atoms with Gasteiger partial charge in [-0.2, -0.15) is 0 Å². The summed E-state index contributed by atoms with van der Waals surface area (Å²) in [6, 6.07) is 5.15. The molecule has 1 aliphatic rings. The number of piperazine rings is 1. The minimum Gasteiger partial charge on any atom is -0.497 e. The molecule has 1 aromatic carbocycles. The maximum absolute atomic E-state index is 12.7. The molecular formula is C18H27N3O4. The predicted molar refractivity (Wildman–Crippen MR) is 94.9 cm³/mol. The summed E-state index contributed by atoms with van der Waals surface area (Å²) in [5, 5.41) is 0. The van der Waals surface area contributed by atoms with Crippen molar-refractivity contribution in [2.45, 2.75) is 25.8 Å². The highest BCUT2D eigenvalue weighted by molar-refractivity contribution is 5.95. The SMILES string of the molecule is COc1cc(OC)cc(C(=O)N2CCN(C(=O)CCC(C)N)CC2)c1. The monoisotopic (exact) mass is 349 g/mol. The third-order valence-corrected chi connectivity index (χ3v) is 4.33. The lowest BCUT2D eigenvalue weighted by Crippen LogP contribution is -2.50. The van der Waals surface area contributed by atoms with Crippen LogP contribution in [0.2, 0.25) is 0 Å². The minimum absolute atomic E-state index is 0.0230. The maximum Gasteiger partial charge on any atom is 0.254 e. The quantitative estimate of drug-likeness (QED) is 0.832. The summed E-state index contributed by atoms with van der Waals surface area (Å²) < 4.78 is 10.4. The van der Waals surface area contributed by atoms with E-state index in [0.29, 0.717) is 56.1 Å². The zero-order chi connectivity index (χ0) is 18.4. The highest BCUT2D eigenvalue weighted by Gasteiger charge is 2.25. The van der Waals surface area contributed by atoms with Crippen LogP contribution in [-0.2, 0) is 4.79 Å². The Hall–Kier alpha value is -2.28. The topological polar surface area (TPSA) is 85.1 Å². The van der Waals surface area contributed by atoms with E-state index < -0.39 is 0 Å². The molecule has 0 aliphatic carbocycles. The molecule has 1 aromatic rings. The molecule has 2 rings (SSSR count). The lowest BCUT2D eigenvalue weighted by Gasteiger charge is -2.35. The van der Waals surface area contributed by atoms with Crippen LogP contribution >= 0.6 is 0 Å². The largest absolute Gasteiger partial charge is 0.497 e. The molecule has 7 nitrogen and oxygen atoms in total. The summed E-state index contributed by atoms with van der Waals surface area (Å²) in [6.07, 6.45) is 1.14. The Morgan fingerprint density at radius 2 is 1.56 bits per heavy atom. The standard InChI is InChI=1S/C18H27N3O4/c1-13(19)4-5-17(22)20-6-8-21(9-7-20)18(23)14-10-15(24-2)12-16(11-14)25-3/h10-13H,4-9,19H2,1-3H3. The van der Waals surface area contributed by atoms with Crippen LogP contribution in [0.1, 0.15) is 30.1 Å². The Morgan fingerprint density at radius 3 is 2.04 bits per heavy atom. The zero-order valence-corrected chi connectivity index (χ0v) is 15.2. The van der Waals surface area contributed by atoms with Gasteiger partial charge in [0.2, 0.25) is 5.91 Å². The van der Waals surface area contributed by atoms with E-state index in [9.17, 15) is 9.59 Å². The molecule has 0 saturated carbocycles. The Kier molecular flexibility index (Phi) is 6.64. The number of nitrogens with two attached hydrogens (primary N) is 1. The zero-order valence-electron chi connectivity index (χ0n) is 15.2. The molecule has 1 aliphatic heterocycles. The van der Waals surface area contributed by atoms with Crippen molar-refractivity contribution >= 4 is 11.8 Å². The molecule has 0 spiro atoms. The normalized spacial score (nSPS) is 15.7. The lowest BCUT2D eigenvalue weighted by atomic mass is 10.1. The number of hydrogen-bond donors (Lipinski definition) is 1. The Morgan fingerprint density at radius 1 is 1.04 bits per heavy atom. The van der Waals surface area contributed by atoms with Gasteiger partial charge in [0.25, 0.3) is 5.91 Å². The van der Waals surface area contributed by atoms with Gasteiger partial charge in [0.1, 0.15) is 11.5 Å². The number of methoxy groups -OCH3 is 2. The third-order valence-electron chi connectivity index (χ3n) is 4.33. The number of carbonyl (C=O) groups is 2. The van der Waals surface area contributed by atoms with Gasteiger partial charge in [-0.05, 0) is 25.5 Å². The molecule has 7 heteroatoms. The van der Waals surface area contributed by atoms with Crippen molar-refractivity contribution in [1.29, 1.82) is 0 Å². The Bertz CT molecular complexity index is 588. The average molecular weight is 349 g/mol. The Balaban J connectivity index is 1.96. The fourth-order valence-electron chi connectivity index (χ4n) is 2.78. The summed E-state index contributed by atoms with van der Waals surface area (Å²) in [5.41, 5.74) is 6.22. The second kappa shape index (κ2) is 8.71. The van der Waals surface area contributed by atoms with E-state index in [1.807, 2.05) is 6.92 Å². The predicted octanol–water partition coefficient (Wildman–Crippen LogP) is 1.12. The van der Waals surface area contributed by atoms with Crippen molar-refractivity contribution in [3.8, 4) is 11.5 Å². The molecule has 1 unspecified atom stereocenters. The van der Waals surface area contributed by atoms with Gasteiger partial charge in [-0.1, -0.05) is 0 Å². The van der Waals surface area contributed by atoms with E-state index in [1.165, 1.54) is 0 Å². The van der Waals surface area contributed by atoms with E-state index in [-0.39, 0.29) is 17.9 Å². The van der Waals surface area contributed by atoms with E-state index >= 15 is 0 Å². The van der Waals surface area contributed by atoms with Crippen molar-refractivity contribution in [2.24, 2.45) is 5.73 Å². The van der Waals surface area contributed by atoms with Crippen LogP contribution in [0.3, 0.4) is 0 Å². The van der Waals surface area contributed by atoms with Crippen molar-refractivity contribution in [3.05, 3.63) is 23.8 Å². The molecule has 1 heterocycles. The van der Waals surface area contributed by atoms with Crippen molar-refractivity contribution in [1.82, 2.24) is 9.80 Å². The molecule has 2 N–H and O–H groups in total. The lowest BCUT2D eigenvalue weighted by molar-refractivity contribution is -0.132. The maximum atomic E-state index is 12.7. The summed E-state index contributed by atoms with van der Waals surface area (Å²) >= 11 is 0. The summed E-state index contributed by atoms with van der Waals surface area (Å²) in [4.78, 5) is 28.4. The molecule has 1 fully saturated rings. The first-order valence-electron chi connectivity index (χ1n) is 8.50. The first kappa shape index (κ1) is 19.1. The first-order chi connectivity index (χ1) is 11.9. The van der Waals surface area contributed by atoms with Gasteiger partial charge in [0.05, 0.1) is 14.2 Å². The van der Waals surface area contributed by atoms with Gasteiger partial charge in [0, 0.05) is 50.3 Å². The average Bonchev–Trinajstić information content (AvgIpc) is 2.65. The first-order valence-corrected chi connectivity index (χ1v) is 8.50. The third kappa shape index (κ3) is 5.09. The minimum atomic E-state index is -0.0834. The van der Waals surface area contributed by atoms with Crippen molar-refractivity contribution < 1.29 is 19.1 Å². The molecular weight excluding hydrogens is 322 g/mol. The number of benzene rings is 1. The van der Waals surface area contributed by atoms with Crippen LogP contribution in [0.5, 0.6) is 11.5 Å². The molecule has 0 radical (unpaired) electrons. The summed E-state index contributed by atoms with van der Waals surface area (Å²) in [6.45, 7) is 4.02. The number of rotatable bonds is 6. The summed E-state index contributed by atoms with van der Waals surface area (Å²) in [7, 11) is 3.10. The van der Waals surface area contributed by atoms with Gasteiger partial charge in [-0.25, -0.2) is 0 Å². The van der Waals surface area contributed by atoms with E-state index in [4.69, 9.17) is 15.2 Å². The number of ether oxygens (including phenoxy) is 2. The fraction of sp³-hybridized carbons (Fsp3) is 0.556. The molecule has 2 amide bonds. The second-order valence-corrected chi connectivity index (χ2v) is 6.29. The van der Waals surface area contributed by atoms with Gasteiger partial charge in [-0.15, -0.1) is 0 Å². The second-order valence-electron chi connectivity index (χ2n) is 6.29. The summed E-state index contributed by atoms with van der Waals surface area (Å²) in [5.74, 6) is 1.17. The highest BCUT2D eigenvalue weighted by Crippen LogP contribution is 2.23.